The second kappa shape index (κ2) is 8.67. The van der Waals surface area contributed by atoms with Crippen LogP contribution >= 0.6 is 0 Å². The van der Waals surface area contributed by atoms with Gasteiger partial charge in [-0.05, 0) is 55.5 Å². The molecule has 128 valence electrons. The van der Waals surface area contributed by atoms with Crippen LogP contribution in [-0.2, 0) is 6.42 Å². The molecule has 0 atom stereocenters. The van der Waals surface area contributed by atoms with E-state index >= 15 is 0 Å². The first-order chi connectivity index (χ1) is 12.2. The molecule has 1 heteroatoms. The van der Waals surface area contributed by atoms with Gasteiger partial charge in [-0.15, -0.1) is 0 Å². The molecule has 0 amide bonds. The monoisotopic (exact) mass is 330 g/mol. The maximum Gasteiger partial charge on any atom is 0.159 e. The first kappa shape index (κ1) is 17.5. The van der Waals surface area contributed by atoms with Crippen LogP contribution in [0.1, 0.15) is 72.5 Å². The molecule has 0 spiro atoms. The Hall–Kier alpha value is -2.33. The van der Waals surface area contributed by atoms with Gasteiger partial charge in [-0.3, -0.25) is 4.79 Å². The summed E-state index contributed by atoms with van der Waals surface area (Å²) in [7, 11) is 0. The number of carbonyl (C=O) groups is 1. The van der Waals surface area contributed by atoms with E-state index in [1.165, 1.54) is 50.5 Å². The quantitative estimate of drug-likeness (QED) is 0.511. The fourth-order valence-corrected chi connectivity index (χ4v) is 3.53. The van der Waals surface area contributed by atoms with Gasteiger partial charge in [0.2, 0.25) is 0 Å². The third-order valence-corrected chi connectivity index (χ3v) is 5.16. The fourth-order valence-electron chi connectivity index (χ4n) is 3.53. The number of Topliss-reactive ketones (excluding diaryl/α,β-unsaturated/α-hetero) is 1. The van der Waals surface area contributed by atoms with Crippen molar-refractivity contribution < 1.29 is 4.79 Å². The minimum absolute atomic E-state index is 0.0864. The Morgan fingerprint density at radius 3 is 2.00 bits per heavy atom. The SMILES string of the molecule is CC(=O)c1ccc(C#Cc2ccc(CCC3CCCCC3)cc2)cc1. The number of rotatable bonds is 4. The number of hydrogen-bond acceptors (Lipinski definition) is 1. The van der Waals surface area contributed by atoms with E-state index in [1.54, 1.807) is 6.92 Å². The van der Waals surface area contributed by atoms with Gasteiger partial charge < -0.3 is 0 Å². The highest BCUT2D eigenvalue weighted by molar-refractivity contribution is 5.94. The minimum Gasteiger partial charge on any atom is -0.295 e. The molecular weight excluding hydrogens is 304 g/mol. The third kappa shape index (κ3) is 5.33. The van der Waals surface area contributed by atoms with E-state index in [0.717, 1.165) is 22.6 Å². The highest BCUT2D eigenvalue weighted by atomic mass is 16.1. The lowest BCUT2D eigenvalue weighted by atomic mass is 9.85. The molecule has 0 radical (unpaired) electrons. The molecule has 1 nitrogen and oxygen atoms in total. The molecular formula is C24H26O. The Balaban J connectivity index is 1.56. The number of carbonyl (C=O) groups excluding carboxylic acids is 1. The summed E-state index contributed by atoms with van der Waals surface area (Å²) in [5.41, 5.74) is 4.12. The largest absolute Gasteiger partial charge is 0.295 e. The van der Waals surface area contributed by atoms with Gasteiger partial charge in [0.1, 0.15) is 0 Å². The number of ketones is 1. The van der Waals surface area contributed by atoms with Gasteiger partial charge in [0.25, 0.3) is 0 Å². The molecule has 0 saturated heterocycles. The highest BCUT2D eigenvalue weighted by Crippen LogP contribution is 2.27. The van der Waals surface area contributed by atoms with E-state index in [1.807, 2.05) is 24.3 Å². The van der Waals surface area contributed by atoms with Crippen molar-refractivity contribution in [1.82, 2.24) is 0 Å². The highest BCUT2D eigenvalue weighted by Gasteiger charge is 2.12. The lowest BCUT2D eigenvalue weighted by molar-refractivity contribution is 0.101. The molecule has 1 saturated carbocycles. The number of hydrogen-bond donors (Lipinski definition) is 0. The van der Waals surface area contributed by atoms with Crippen LogP contribution in [0.15, 0.2) is 48.5 Å². The Kier molecular flexibility index (Phi) is 6.07. The summed E-state index contributed by atoms with van der Waals surface area (Å²) >= 11 is 0. The van der Waals surface area contributed by atoms with E-state index < -0.39 is 0 Å². The molecule has 0 aliphatic heterocycles. The van der Waals surface area contributed by atoms with Crippen LogP contribution in [0.4, 0.5) is 0 Å². The molecule has 0 N–H and O–H groups in total. The van der Waals surface area contributed by atoms with Gasteiger partial charge >= 0.3 is 0 Å². The second-order valence-corrected chi connectivity index (χ2v) is 7.12. The smallest absolute Gasteiger partial charge is 0.159 e. The predicted octanol–water partition coefficient (Wildman–Crippen LogP) is 5.80. The van der Waals surface area contributed by atoms with E-state index in [9.17, 15) is 4.79 Å². The van der Waals surface area contributed by atoms with Gasteiger partial charge in [-0.2, -0.15) is 0 Å². The molecule has 0 heterocycles. The van der Waals surface area contributed by atoms with Crippen molar-refractivity contribution in [2.75, 3.05) is 0 Å². The van der Waals surface area contributed by atoms with Gasteiger partial charge in [0, 0.05) is 16.7 Å². The van der Waals surface area contributed by atoms with Crippen LogP contribution in [0.2, 0.25) is 0 Å². The van der Waals surface area contributed by atoms with Gasteiger partial charge in [0.05, 0.1) is 0 Å². The van der Waals surface area contributed by atoms with Crippen LogP contribution in [0.5, 0.6) is 0 Å². The third-order valence-electron chi connectivity index (χ3n) is 5.16. The summed E-state index contributed by atoms with van der Waals surface area (Å²) in [6, 6.07) is 16.1. The molecule has 0 unspecified atom stereocenters. The van der Waals surface area contributed by atoms with E-state index in [-0.39, 0.29) is 5.78 Å². The summed E-state index contributed by atoms with van der Waals surface area (Å²) < 4.78 is 0. The molecule has 2 aromatic carbocycles. The summed E-state index contributed by atoms with van der Waals surface area (Å²) in [4.78, 5) is 11.3. The van der Waals surface area contributed by atoms with Crippen molar-refractivity contribution in [3.63, 3.8) is 0 Å². The van der Waals surface area contributed by atoms with Crippen molar-refractivity contribution >= 4 is 5.78 Å². The van der Waals surface area contributed by atoms with Crippen molar-refractivity contribution in [3.8, 4) is 11.8 Å². The van der Waals surface area contributed by atoms with E-state index in [2.05, 4.69) is 36.1 Å². The number of aryl methyl sites for hydroxylation is 1. The maximum atomic E-state index is 11.3. The van der Waals surface area contributed by atoms with Crippen molar-refractivity contribution in [1.29, 1.82) is 0 Å². The van der Waals surface area contributed by atoms with E-state index in [4.69, 9.17) is 0 Å². The van der Waals surface area contributed by atoms with Crippen LogP contribution in [-0.4, -0.2) is 5.78 Å². The average Bonchev–Trinajstić information content (AvgIpc) is 2.67. The first-order valence-corrected chi connectivity index (χ1v) is 9.43. The summed E-state index contributed by atoms with van der Waals surface area (Å²) in [5, 5.41) is 0. The van der Waals surface area contributed by atoms with Crippen molar-refractivity contribution in [2.45, 2.75) is 51.9 Å². The lowest BCUT2D eigenvalue weighted by Gasteiger charge is -2.21. The standard InChI is InChI=1S/C24H26O/c1-19(25)24-17-15-23(16-18-24)14-13-22-11-9-21(10-12-22)8-7-20-5-3-2-4-6-20/h9-12,15-18,20H,2-8H2,1H3. The molecule has 1 aliphatic carbocycles. The lowest BCUT2D eigenvalue weighted by Crippen LogP contribution is -2.07. The molecule has 3 rings (SSSR count). The Bertz CT molecular complexity index is 750. The van der Waals surface area contributed by atoms with Crippen LogP contribution in [0, 0.1) is 17.8 Å². The summed E-state index contributed by atoms with van der Waals surface area (Å²) in [6.07, 6.45) is 9.64. The maximum absolute atomic E-state index is 11.3. The second-order valence-electron chi connectivity index (χ2n) is 7.12. The van der Waals surface area contributed by atoms with Crippen molar-refractivity contribution in [3.05, 3.63) is 70.8 Å². The summed E-state index contributed by atoms with van der Waals surface area (Å²) in [5.74, 6) is 7.40. The van der Waals surface area contributed by atoms with Gasteiger partial charge in [-0.25, -0.2) is 0 Å². The normalized spacial score (nSPS) is 14.6. The zero-order valence-corrected chi connectivity index (χ0v) is 15.1. The van der Waals surface area contributed by atoms with Crippen LogP contribution in [0.3, 0.4) is 0 Å². The zero-order valence-electron chi connectivity index (χ0n) is 15.1. The Morgan fingerprint density at radius 1 is 0.880 bits per heavy atom. The molecule has 25 heavy (non-hydrogen) atoms. The van der Waals surface area contributed by atoms with Gasteiger partial charge in [0.15, 0.2) is 5.78 Å². The first-order valence-electron chi connectivity index (χ1n) is 9.43. The number of benzene rings is 2. The van der Waals surface area contributed by atoms with Gasteiger partial charge in [-0.1, -0.05) is 68.2 Å². The zero-order chi connectivity index (χ0) is 17.5. The molecule has 1 aliphatic rings. The minimum atomic E-state index is 0.0864. The fraction of sp³-hybridized carbons (Fsp3) is 0.375. The van der Waals surface area contributed by atoms with Crippen molar-refractivity contribution in [2.24, 2.45) is 5.92 Å². The average molecular weight is 330 g/mol. The van der Waals surface area contributed by atoms with E-state index in [0.29, 0.717) is 0 Å². The van der Waals surface area contributed by atoms with Crippen LogP contribution < -0.4 is 0 Å². The Labute approximate surface area is 151 Å². The summed E-state index contributed by atoms with van der Waals surface area (Å²) in [6.45, 7) is 1.58. The predicted molar refractivity (Wildman–Crippen MR) is 104 cm³/mol. The molecule has 2 aromatic rings. The molecule has 0 bridgehead atoms. The van der Waals surface area contributed by atoms with Crippen LogP contribution in [0.25, 0.3) is 0 Å². The molecule has 0 aromatic heterocycles. The molecule has 1 fully saturated rings. The Morgan fingerprint density at radius 2 is 1.44 bits per heavy atom. The topological polar surface area (TPSA) is 17.1 Å².